The van der Waals surface area contributed by atoms with Crippen molar-refractivity contribution in [2.75, 3.05) is 19.4 Å². The third-order valence-electron chi connectivity index (χ3n) is 3.10. The number of nitrogens with two attached hydrogens (primary N) is 1. The van der Waals surface area contributed by atoms with Crippen LogP contribution in [-0.2, 0) is 20.8 Å². The van der Waals surface area contributed by atoms with Crippen molar-refractivity contribution in [3.05, 3.63) is 40.4 Å². The number of methoxy groups -OCH3 is 1. The molecule has 0 bridgehead atoms. The fourth-order valence-electron chi connectivity index (χ4n) is 1.96. The second-order valence-corrected chi connectivity index (χ2v) is 7.32. The monoisotopic (exact) mass is 412 g/mol. The second kappa shape index (κ2) is 9.46. The molecule has 0 aliphatic heterocycles. The molecule has 1 aromatic carbocycles. The number of benzene rings is 1. The van der Waals surface area contributed by atoms with Crippen molar-refractivity contribution in [1.82, 2.24) is 4.90 Å². The first-order valence-corrected chi connectivity index (χ1v) is 8.68. The van der Waals surface area contributed by atoms with Crippen LogP contribution < -0.4 is 5.73 Å². The van der Waals surface area contributed by atoms with Crippen molar-refractivity contribution in [2.24, 2.45) is 0 Å². The minimum atomic E-state index is -0.593. The number of hydrogen-bond donors (Lipinski definition) is 1. The molecule has 0 saturated heterocycles. The van der Waals surface area contributed by atoms with Crippen LogP contribution in [0.4, 0.5) is 10.5 Å². The Bertz CT molecular complexity index is 638. The van der Waals surface area contributed by atoms with E-state index >= 15 is 0 Å². The molecule has 0 aliphatic carbocycles. The van der Waals surface area contributed by atoms with Gasteiger partial charge in [0.25, 0.3) is 0 Å². The van der Waals surface area contributed by atoms with Gasteiger partial charge in [0.05, 0.1) is 13.7 Å². The normalized spacial score (nSPS) is 11.4. The number of nitrogen functional groups attached to an aromatic ring is 1. The first-order valence-electron chi connectivity index (χ1n) is 7.88. The number of rotatable bonds is 6. The van der Waals surface area contributed by atoms with E-state index in [1.165, 1.54) is 13.2 Å². The maximum atomic E-state index is 12.5. The van der Waals surface area contributed by atoms with Crippen LogP contribution in [0.1, 0.15) is 32.8 Å². The standard InChI is InChI=1S/C18H25BrN2O4/c1-18(2,3)25-17(23)21(10-6-5-7-16(22)24-4)12-13-11-14(20)8-9-15(13)19/h5,7-9,11H,6,10,12,20H2,1-4H3/b7-5+. The Hall–Kier alpha value is -2.02. The number of ether oxygens (including phenoxy) is 2. The van der Waals surface area contributed by atoms with Crippen LogP contribution in [0.15, 0.2) is 34.8 Å². The fourth-order valence-corrected chi connectivity index (χ4v) is 2.33. The summed E-state index contributed by atoms with van der Waals surface area (Å²) in [7, 11) is 1.32. The molecule has 0 aromatic heterocycles. The molecule has 0 saturated carbocycles. The van der Waals surface area contributed by atoms with Gasteiger partial charge in [0, 0.05) is 22.8 Å². The molecular formula is C18H25BrN2O4. The van der Waals surface area contributed by atoms with E-state index in [1.807, 2.05) is 32.9 Å². The van der Waals surface area contributed by atoms with Crippen molar-refractivity contribution in [2.45, 2.75) is 39.3 Å². The van der Waals surface area contributed by atoms with Crippen LogP contribution in [0.25, 0.3) is 0 Å². The van der Waals surface area contributed by atoms with Crippen molar-refractivity contribution < 1.29 is 19.1 Å². The Kier molecular flexibility index (Phi) is 7.96. The lowest BCUT2D eigenvalue weighted by Gasteiger charge is -2.27. The second-order valence-electron chi connectivity index (χ2n) is 6.47. The molecule has 0 atom stereocenters. The van der Waals surface area contributed by atoms with Gasteiger partial charge in [-0.1, -0.05) is 22.0 Å². The number of amides is 1. The van der Waals surface area contributed by atoms with Crippen molar-refractivity contribution >= 4 is 33.7 Å². The molecule has 0 aliphatic rings. The van der Waals surface area contributed by atoms with Crippen LogP contribution in [0.5, 0.6) is 0 Å². The summed E-state index contributed by atoms with van der Waals surface area (Å²) in [6, 6.07) is 5.44. The molecule has 0 heterocycles. The molecule has 25 heavy (non-hydrogen) atoms. The number of anilines is 1. The summed E-state index contributed by atoms with van der Waals surface area (Å²) in [4.78, 5) is 25.2. The maximum Gasteiger partial charge on any atom is 0.410 e. The van der Waals surface area contributed by atoms with Crippen molar-refractivity contribution in [1.29, 1.82) is 0 Å². The van der Waals surface area contributed by atoms with Gasteiger partial charge in [0.2, 0.25) is 0 Å². The SMILES string of the molecule is COC(=O)/C=C/CCN(Cc1cc(N)ccc1Br)C(=O)OC(C)(C)C. The van der Waals surface area contributed by atoms with Gasteiger partial charge in [-0.15, -0.1) is 0 Å². The molecular weight excluding hydrogens is 388 g/mol. The summed E-state index contributed by atoms with van der Waals surface area (Å²) in [6.07, 6.45) is 3.07. The third kappa shape index (κ3) is 8.07. The van der Waals surface area contributed by atoms with Gasteiger partial charge in [0.1, 0.15) is 5.60 Å². The first kappa shape index (κ1) is 21.0. The Morgan fingerprint density at radius 3 is 2.60 bits per heavy atom. The Morgan fingerprint density at radius 2 is 2.00 bits per heavy atom. The Labute approximate surface area is 157 Å². The molecule has 0 unspecified atom stereocenters. The zero-order valence-corrected chi connectivity index (χ0v) is 16.6. The zero-order chi connectivity index (χ0) is 19.0. The van der Waals surface area contributed by atoms with Gasteiger partial charge in [0.15, 0.2) is 0 Å². The van der Waals surface area contributed by atoms with Gasteiger partial charge in [-0.05, 0) is 51.0 Å². The maximum absolute atomic E-state index is 12.5. The van der Waals surface area contributed by atoms with E-state index in [9.17, 15) is 9.59 Å². The van der Waals surface area contributed by atoms with Gasteiger partial charge < -0.3 is 20.1 Å². The minimum Gasteiger partial charge on any atom is -0.466 e. The minimum absolute atomic E-state index is 0.340. The molecule has 6 nitrogen and oxygen atoms in total. The summed E-state index contributed by atoms with van der Waals surface area (Å²) in [5, 5.41) is 0. The molecule has 138 valence electrons. The predicted molar refractivity (Wildman–Crippen MR) is 101 cm³/mol. The summed E-state index contributed by atoms with van der Waals surface area (Å²) in [5.41, 5.74) is 6.74. The van der Waals surface area contributed by atoms with Gasteiger partial charge in [-0.3, -0.25) is 0 Å². The fraction of sp³-hybridized carbons (Fsp3) is 0.444. The highest BCUT2D eigenvalue weighted by Crippen LogP contribution is 2.22. The molecule has 7 heteroatoms. The number of nitrogens with zero attached hydrogens (tertiary/aromatic N) is 1. The van der Waals surface area contributed by atoms with E-state index in [1.54, 1.807) is 17.0 Å². The van der Waals surface area contributed by atoms with Crippen LogP contribution in [0, 0.1) is 0 Å². The van der Waals surface area contributed by atoms with E-state index in [4.69, 9.17) is 10.5 Å². The molecule has 1 aromatic rings. The number of carbonyl (C=O) groups excluding carboxylic acids is 2. The van der Waals surface area contributed by atoms with E-state index in [0.29, 0.717) is 25.2 Å². The summed E-state index contributed by atoms with van der Waals surface area (Å²) < 4.78 is 10.9. The van der Waals surface area contributed by atoms with Crippen LogP contribution in [0.2, 0.25) is 0 Å². The number of halogens is 1. The lowest BCUT2D eigenvalue weighted by Crippen LogP contribution is -2.37. The number of hydrogen-bond acceptors (Lipinski definition) is 5. The van der Waals surface area contributed by atoms with Crippen LogP contribution >= 0.6 is 15.9 Å². The third-order valence-corrected chi connectivity index (χ3v) is 3.88. The van der Waals surface area contributed by atoms with Crippen LogP contribution in [-0.4, -0.2) is 36.2 Å². The highest BCUT2D eigenvalue weighted by molar-refractivity contribution is 9.10. The molecule has 1 amide bonds. The molecule has 0 fully saturated rings. The molecule has 0 radical (unpaired) electrons. The van der Waals surface area contributed by atoms with Gasteiger partial charge >= 0.3 is 12.1 Å². The summed E-state index contributed by atoms with van der Waals surface area (Å²) >= 11 is 3.47. The average molecular weight is 413 g/mol. The van der Waals surface area contributed by atoms with Gasteiger partial charge in [-0.25, -0.2) is 9.59 Å². The van der Waals surface area contributed by atoms with Crippen molar-refractivity contribution in [3.8, 4) is 0 Å². The number of esters is 1. The predicted octanol–water partition coefficient (Wildman–Crippen LogP) is 3.89. The Morgan fingerprint density at radius 1 is 1.32 bits per heavy atom. The van der Waals surface area contributed by atoms with Crippen molar-refractivity contribution in [3.63, 3.8) is 0 Å². The quantitative estimate of drug-likeness (QED) is 0.435. The van der Waals surface area contributed by atoms with Crippen LogP contribution in [0.3, 0.4) is 0 Å². The lowest BCUT2D eigenvalue weighted by atomic mass is 10.2. The topological polar surface area (TPSA) is 81.9 Å². The zero-order valence-electron chi connectivity index (χ0n) is 15.0. The van der Waals surface area contributed by atoms with E-state index in [0.717, 1.165) is 10.0 Å². The van der Waals surface area contributed by atoms with E-state index < -0.39 is 17.7 Å². The van der Waals surface area contributed by atoms with Gasteiger partial charge in [-0.2, -0.15) is 0 Å². The molecule has 2 N–H and O–H groups in total. The lowest BCUT2D eigenvalue weighted by molar-refractivity contribution is -0.134. The largest absolute Gasteiger partial charge is 0.466 e. The van der Waals surface area contributed by atoms with E-state index in [-0.39, 0.29) is 0 Å². The smallest absolute Gasteiger partial charge is 0.410 e. The number of carbonyl (C=O) groups is 2. The highest BCUT2D eigenvalue weighted by atomic mass is 79.9. The molecule has 1 rings (SSSR count). The average Bonchev–Trinajstić information content (AvgIpc) is 2.51. The molecule has 0 spiro atoms. The first-order chi connectivity index (χ1) is 11.6. The summed E-state index contributed by atoms with van der Waals surface area (Å²) in [5.74, 6) is -0.428. The highest BCUT2D eigenvalue weighted by Gasteiger charge is 2.22. The summed E-state index contributed by atoms with van der Waals surface area (Å²) in [6.45, 7) is 6.18. The van der Waals surface area contributed by atoms with E-state index in [2.05, 4.69) is 20.7 Å². The Balaban J connectivity index is 2.86.